The number of amides is 1. The summed E-state index contributed by atoms with van der Waals surface area (Å²) in [5.74, 6) is 0.0561. The Morgan fingerprint density at radius 1 is 1.53 bits per heavy atom. The lowest BCUT2D eigenvalue weighted by atomic mass is 9.84. The second-order valence-electron chi connectivity index (χ2n) is 4.77. The van der Waals surface area contributed by atoms with Crippen LogP contribution in [0.25, 0.3) is 0 Å². The van der Waals surface area contributed by atoms with Gasteiger partial charge in [0.15, 0.2) is 0 Å². The lowest BCUT2D eigenvalue weighted by Gasteiger charge is -2.52. The smallest absolute Gasteiger partial charge is 0.248 e. The van der Waals surface area contributed by atoms with Gasteiger partial charge in [0.05, 0.1) is 19.2 Å². The van der Waals surface area contributed by atoms with E-state index in [-0.39, 0.29) is 24.2 Å². The van der Waals surface area contributed by atoms with Gasteiger partial charge in [0.25, 0.3) is 0 Å². The summed E-state index contributed by atoms with van der Waals surface area (Å²) in [4.78, 5) is 13.5. The maximum Gasteiger partial charge on any atom is 0.248 e. The summed E-state index contributed by atoms with van der Waals surface area (Å²) in [6.07, 6.45) is 2.11. The van der Waals surface area contributed by atoms with E-state index in [1.807, 2.05) is 6.92 Å². The van der Waals surface area contributed by atoms with Gasteiger partial charge in [-0.2, -0.15) is 0 Å². The molecule has 2 fully saturated rings. The Morgan fingerprint density at radius 3 is 2.94 bits per heavy atom. The molecule has 2 aliphatic rings. The first-order valence-electron chi connectivity index (χ1n) is 6.21. The Morgan fingerprint density at radius 2 is 2.29 bits per heavy atom. The largest absolute Gasteiger partial charge is 0.381 e. The molecule has 0 N–H and O–H groups in total. The summed E-state index contributed by atoms with van der Waals surface area (Å²) < 4.78 is 16.3. The fourth-order valence-corrected chi connectivity index (χ4v) is 2.51. The molecule has 0 aliphatic carbocycles. The number of hydrogen-bond acceptors (Lipinski definition) is 4. The summed E-state index contributed by atoms with van der Waals surface area (Å²) in [5.41, 5.74) is -0.152. The van der Waals surface area contributed by atoms with Crippen LogP contribution in [0.5, 0.6) is 0 Å². The van der Waals surface area contributed by atoms with E-state index in [4.69, 9.17) is 14.2 Å². The third kappa shape index (κ3) is 2.78. The van der Waals surface area contributed by atoms with Gasteiger partial charge < -0.3 is 19.1 Å². The van der Waals surface area contributed by atoms with Gasteiger partial charge >= 0.3 is 0 Å². The van der Waals surface area contributed by atoms with E-state index in [0.29, 0.717) is 19.7 Å². The van der Waals surface area contributed by atoms with Crippen LogP contribution in [0.2, 0.25) is 0 Å². The molecule has 2 rings (SSSR count). The number of hydrogen-bond donors (Lipinski definition) is 0. The second kappa shape index (κ2) is 5.33. The minimum atomic E-state index is -0.152. The molecule has 2 aliphatic heterocycles. The lowest BCUT2D eigenvalue weighted by molar-refractivity contribution is -0.200. The molecule has 2 heterocycles. The van der Waals surface area contributed by atoms with Crippen molar-refractivity contribution in [2.75, 3.05) is 40.0 Å². The minimum Gasteiger partial charge on any atom is -0.381 e. The molecule has 1 amide bonds. The highest BCUT2D eigenvalue weighted by Crippen LogP contribution is 2.35. The Balaban J connectivity index is 1.78. The van der Waals surface area contributed by atoms with Gasteiger partial charge in [-0.3, -0.25) is 4.79 Å². The number of carbonyl (C=O) groups is 1. The van der Waals surface area contributed by atoms with Crippen LogP contribution in [-0.2, 0) is 19.0 Å². The zero-order valence-corrected chi connectivity index (χ0v) is 10.6. The molecule has 1 spiro atoms. The lowest BCUT2D eigenvalue weighted by Crippen LogP contribution is -2.67. The van der Waals surface area contributed by atoms with Gasteiger partial charge in [0.1, 0.15) is 12.2 Å². The van der Waals surface area contributed by atoms with E-state index in [1.165, 1.54) is 0 Å². The molecular weight excluding hydrogens is 222 g/mol. The molecule has 5 nitrogen and oxygen atoms in total. The molecule has 0 bridgehead atoms. The van der Waals surface area contributed by atoms with E-state index in [2.05, 4.69) is 0 Å². The van der Waals surface area contributed by atoms with Crippen LogP contribution in [0.3, 0.4) is 0 Å². The number of methoxy groups -OCH3 is 1. The quantitative estimate of drug-likeness (QED) is 0.718. The first-order chi connectivity index (χ1) is 8.19. The number of rotatable bonds is 4. The zero-order valence-electron chi connectivity index (χ0n) is 10.6. The van der Waals surface area contributed by atoms with E-state index >= 15 is 0 Å². The van der Waals surface area contributed by atoms with Gasteiger partial charge in [0, 0.05) is 26.7 Å². The monoisotopic (exact) mass is 243 g/mol. The van der Waals surface area contributed by atoms with Crippen molar-refractivity contribution < 1.29 is 19.0 Å². The van der Waals surface area contributed by atoms with Crippen LogP contribution in [0.4, 0.5) is 0 Å². The predicted octanol–water partition coefficient (Wildman–Crippen LogP) is 0.429. The Kier molecular flexibility index (Phi) is 4.01. The molecule has 5 heteroatoms. The van der Waals surface area contributed by atoms with Crippen LogP contribution < -0.4 is 0 Å². The van der Waals surface area contributed by atoms with Crippen molar-refractivity contribution in [3.05, 3.63) is 0 Å². The van der Waals surface area contributed by atoms with Gasteiger partial charge in [-0.05, 0) is 13.3 Å². The molecule has 0 aromatic heterocycles. The summed E-state index contributed by atoms with van der Waals surface area (Å²) in [7, 11) is 1.74. The molecule has 2 saturated heterocycles. The van der Waals surface area contributed by atoms with Gasteiger partial charge in [0.2, 0.25) is 5.91 Å². The van der Waals surface area contributed by atoms with Crippen LogP contribution in [-0.4, -0.2) is 62.5 Å². The summed E-state index contributed by atoms with van der Waals surface area (Å²) in [5, 5.41) is 0. The summed E-state index contributed by atoms with van der Waals surface area (Å²) in [6.45, 7) is 4.73. The third-order valence-electron chi connectivity index (χ3n) is 3.52. The molecule has 0 aromatic carbocycles. The van der Waals surface area contributed by atoms with Crippen molar-refractivity contribution in [2.45, 2.75) is 31.5 Å². The number of ether oxygens (including phenoxy) is 3. The molecule has 0 radical (unpaired) electrons. The molecule has 0 aromatic rings. The molecular formula is C12H21NO4. The Hall–Kier alpha value is -0.650. The highest BCUT2D eigenvalue weighted by atomic mass is 16.5. The standard InChI is InChI=1S/C12H21NO4/c1-3-16-7-11(14)13-8-12(9-13)6-10(15-2)4-5-17-12/h10H,3-9H2,1-2H3. The Bertz CT molecular complexity index is 276. The van der Waals surface area contributed by atoms with Crippen LogP contribution in [0.15, 0.2) is 0 Å². The van der Waals surface area contributed by atoms with Gasteiger partial charge in [-0.15, -0.1) is 0 Å². The molecule has 1 unspecified atom stereocenters. The van der Waals surface area contributed by atoms with E-state index in [9.17, 15) is 4.79 Å². The number of likely N-dealkylation sites (tertiary alicyclic amines) is 1. The van der Waals surface area contributed by atoms with Crippen molar-refractivity contribution in [3.8, 4) is 0 Å². The number of nitrogens with zero attached hydrogens (tertiary/aromatic N) is 1. The first kappa shape index (κ1) is 12.8. The fraction of sp³-hybridized carbons (Fsp3) is 0.917. The maximum atomic E-state index is 11.7. The van der Waals surface area contributed by atoms with Gasteiger partial charge in [-0.1, -0.05) is 0 Å². The van der Waals surface area contributed by atoms with Crippen molar-refractivity contribution in [1.29, 1.82) is 0 Å². The second-order valence-corrected chi connectivity index (χ2v) is 4.77. The van der Waals surface area contributed by atoms with Crippen molar-refractivity contribution >= 4 is 5.91 Å². The van der Waals surface area contributed by atoms with E-state index in [1.54, 1.807) is 12.0 Å². The zero-order chi connectivity index (χ0) is 12.3. The number of carbonyl (C=O) groups excluding carboxylic acids is 1. The van der Waals surface area contributed by atoms with E-state index < -0.39 is 0 Å². The third-order valence-corrected chi connectivity index (χ3v) is 3.52. The summed E-state index contributed by atoms with van der Waals surface area (Å²) in [6, 6.07) is 0. The first-order valence-corrected chi connectivity index (χ1v) is 6.21. The molecule has 98 valence electrons. The highest BCUT2D eigenvalue weighted by molar-refractivity contribution is 5.78. The average Bonchev–Trinajstić information content (AvgIpc) is 2.33. The van der Waals surface area contributed by atoms with E-state index in [0.717, 1.165) is 19.4 Å². The molecule has 1 atom stereocenters. The average molecular weight is 243 g/mol. The Labute approximate surface area is 102 Å². The van der Waals surface area contributed by atoms with Crippen LogP contribution in [0, 0.1) is 0 Å². The highest BCUT2D eigenvalue weighted by Gasteiger charge is 2.49. The van der Waals surface area contributed by atoms with Crippen molar-refractivity contribution in [2.24, 2.45) is 0 Å². The van der Waals surface area contributed by atoms with Crippen molar-refractivity contribution in [3.63, 3.8) is 0 Å². The van der Waals surface area contributed by atoms with Crippen LogP contribution in [0.1, 0.15) is 19.8 Å². The topological polar surface area (TPSA) is 48.0 Å². The molecule has 17 heavy (non-hydrogen) atoms. The minimum absolute atomic E-state index is 0.0561. The predicted molar refractivity (Wildman–Crippen MR) is 61.8 cm³/mol. The summed E-state index contributed by atoms with van der Waals surface area (Å²) >= 11 is 0. The SMILES string of the molecule is CCOCC(=O)N1CC2(CC(OC)CCO2)C1. The normalized spacial score (nSPS) is 26.9. The molecule has 0 saturated carbocycles. The van der Waals surface area contributed by atoms with Crippen molar-refractivity contribution in [1.82, 2.24) is 4.90 Å². The van der Waals surface area contributed by atoms with Gasteiger partial charge in [-0.25, -0.2) is 0 Å². The fourth-order valence-electron chi connectivity index (χ4n) is 2.51. The maximum absolute atomic E-state index is 11.7. The van der Waals surface area contributed by atoms with Crippen LogP contribution >= 0.6 is 0 Å².